The molecule has 1 fully saturated rings. The molecule has 1 aromatic rings. The first-order valence-corrected chi connectivity index (χ1v) is 6.92. The molecular formula is C11H16N2OS2. The van der Waals surface area contributed by atoms with Crippen molar-refractivity contribution >= 4 is 29.9 Å². The van der Waals surface area contributed by atoms with Crippen LogP contribution in [0.4, 0.5) is 0 Å². The Hall–Kier alpha value is -0.520. The first-order valence-electron chi connectivity index (χ1n) is 5.46. The maximum atomic E-state index is 12.0. The van der Waals surface area contributed by atoms with Gasteiger partial charge in [0, 0.05) is 26.2 Å². The second-order valence-corrected chi connectivity index (χ2v) is 5.33. The molecule has 0 bridgehead atoms. The zero-order valence-corrected chi connectivity index (χ0v) is 10.8. The van der Waals surface area contributed by atoms with Gasteiger partial charge in [-0.25, -0.2) is 0 Å². The molecule has 0 spiro atoms. The van der Waals surface area contributed by atoms with Crippen molar-refractivity contribution in [3.8, 4) is 0 Å². The van der Waals surface area contributed by atoms with Crippen LogP contribution in [-0.4, -0.2) is 42.2 Å². The molecule has 0 radical (unpaired) electrons. The van der Waals surface area contributed by atoms with Crippen LogP contribution < -0.4 is 5.32 Å². The summed E-state index contributed by atoms with van der Waals surface area (Å²) in [4.78, 5) is 14.0. The van der Waals surface area contributed by atoms with Gasteiger partial charge in [-0.3, -0.25) is 4.79 Å². The molecule has 1 saturated heterocycles. The quantitative estimate of drug-likeness (QED) is 0.792. The molecule has 1 unspecified atom stereocenters. The molecule has 1 aliphatic heterocycles. The maximum absolute atomic E-state index is 12.0. The van der Waals surface area contributed by atoms with Crippen molar-refractivity contribution in [2.75, 3.05) is 26.2 Å². The first-order chi connectivity index (χ1) is 7.77. The Kier molecular flexibility index (Phi) is 4.26. The molecule has 5 heteroatoms. The number of carbonyl (C=O) groups excluding carboxylic acids is 1. The van der Waals surface area contributed by atoms with Gasteiger partial charge in [0.25, 0.3) is 0 Å². The zero-order valence-electron chi connectivity index (χ0n) is 9.06. The molecule has 1 N–H and O–H groups in total. The van der Waals surface area contributed by atoms with E-state index in [2.05, 4.69) is 29.4 Å². The lowest BCUT2D eigenvalue weighted by atomic mass is 10.1. The fraction of sp³-hybridized carbons (Fsp3) is 0.545. The minimum atomic E-state index is -0.201. The van der Waals surface area contributed by atoms with E-state index in [0.29, 0.717) is 0 Å². The van der Waals surface area contributed by atoms with E-state index in [-0.39, 0.29) is 11.2 Å². The van der Waals surface area contributed by atoms with Crippen molar-refractivity contribution in [2.45, 2.75) is 11.7 Å². The Morgan fingerprint density at radius 1 is 1.56 bits per heavy atom. The van der Waals surface area contributed by atoms with Gasteiger partial charge in [0.2, 0.25) is 5.91 Å². The molecule has 0 aromatic carbocycles. The van der Waals surface area contributed by atoms with Crippen LogP contribution in [0.15, 0.2) is 16.8 Å². The molecule has 2 heterocycles. The molecular weight excluding hydrogens is 240 g/mol. The van der Waals surface area contributed by atoms with Gasteiger partial charge in [-0.15, -0.1) is 0 Å². The highest BCUT2D eigenvalue weighted by molar-refractivity contribution is 7.81. The third kappa shape index (κ3) is 2.99. The van der Waals surface area contributed by atoms with Gasteiger partial charge < -0.3 is 10.2 Å². The van der Waals surface area contributed by atoms with E-state index in [1.165, 1.54) is 5.56 Å². The average Bonchev–Trinajstić information content (AvgIpc) is 2.82. The van der Waals surface area contributed by atoms with Crippen LogP contribution in [0.1, 0.15) is 5.56 Å². The predicted octanol–water partition coefficient (Wildman–Crippen LogP) is 1.02. The normalized spacial score (nSPS) is 18.4. The monoisotopic (exact) mass is 256 g/mol. The molecule has 2 rings (SSSR count). The van der Waals surface area contributed by atoms with Crippen molar-refractivity contribution in [2.24, 2.45) is 0 Å². The summed E-state index contributed by atoms with van der Waals surface area (Å²) < 4.78 is 0. The number of rotatable bonds is 3. The highest BCUT2D eigenvalue weighted by atomic mass is 32.1. The van der Waals surface area contributed by atoms with Crippen LogP contribution in [0.3, 0.4) is 0 Å². The van der Waals surface area contributed by atoms with Gasteiger partial charge in [0.1, 0.15) is 0 Å². The summed E-state index contributed by atoms with van der Waals surface area (Å²) in [6.45, 7) is 3.40. The van der Waals surface area contributed by atoms with E-state index in [1.54, 1.807) is 11.3 Å². The van der Waals surface area contributed by atoms with Gasteiger partial charge in [0.05, 0.1) is 5.25 Å². The molecule has 16 heavy (non-hydrogen) atoms. The van der Waals surface area contributed by atoms with Gasteiger partial charge in [0.15, 0.2) is 0 Å². The standard InChI is InChI=1S/C11H16N2OS2/c14-11(13-4-2-12-3-5-13)10(15)7-9-1-6-16-8-9/h1,6,8,10,12,15H,2-5,7H2. The third-order valence-corrected chi connectivity index (χ3v) is 3.86. The van der Waals surface area contributed by atoms with E-state index in [4.69, 9.17) is 0 Å². The Morgan fingerprint density at radius 2 is 2.31 bits per heavy atom. The highest BCUT2D eigenvalue weighted by Crippen LogP contribution is 2.14. The van der Waals surface area contributed by atoms with Gasteiger partial charge in [-0.05, 0) is 28.8 Å². The van der Waals surface area contributed by atoms with Crippen LogP contribution in [-0.2, 0) is 11.2 Å². The lowest BCUT2D eigenvalue weighted by Crippen LogP contribution is -2.49. The van der Waals surface area contributed by atoms with Crippen molar-refractivity contribution in [1.29, 1.82) is 0 Å². The number of nitrogens with zero attached hydrogens (tertiary/aromatic N) is 1. The Bertz CT molecular complexity index is 334. The summed E-state index contributed by atoms with van der Waals surface area (Å²) >= 11 is 6.07. The number of hydrogen-bond donors (Lipinski definition) is 2. The molecule has 3 nitrogen and oxygen atoms in total. The predicted molar refractivity (Wildman–Crippen MR) is 70.2 cm³/mol. The zero-order chi connectivity index (χ0) is 11.4. The van der Waals surface area contributed by atoms with Crippen LogP contribution in [0.5, 0.6) is 0 Å². The van der Waals surface area contributed by atoms with E-state index in [1.807, 2.05) is 10.3 Å². The topological polar surface area (TPSA) is 32.3 Å². The summed E-state index contributed by atoms with van der Waals surface area (Å²) in [5, 5.41) is 7.15. The minimum absolute atomic E-state index is 0.163. The second-order valence-electron chi connectivity index (χ2n) is 3.93. The Morgan fingerprint density at radius 3 is 2.94 bits per heavy atom. The lowest BCUT2D eigenvalue weighted by molar-refractivity contribution is -0.131. The SMILES string of the molecule is O=C(C(S)Cc1ccsc1)N1CCNCC1. The smallest absolute Gasteiger partial charge is 0.235 e. The third-order valence-electron chi connectivity index (χ3n) is 2.72. The van der Waals surface area contributed by atoms with Crippen molar-refractivity contribution in [3.05, 3.63) is 22.4 Å². The summed E-state index contributed by atoms with van der Waals surface area (Å²) in [6, 6.07) is 2.05. The van der Waals surface area contributed by atoms with Gasteiger partial charge >= 0.3 is 0 Å². The number of thiophene rings is 1. The summed E-state index contributed by atoms with van der Waals surface area (Å²) in [6.07, 6.45) is 0.732. The molecule has 0 aliphatic carbocycles. The fourth-order valence-electron chi connectivity index (χ4n) is 1.82. The van der Waals surface area contributed by atoms with Gasteiger partial charge in [-0.2, -0.15) is 24.0 Å². The largest absolute Gasteiger partial charge is 0.339 e. The Labute approximate surface area is 105 Å². The molecule has 1 amide bonds. The molecule has 1 aliphatic rings. The highest BCUT2D eigenvalue weighted by Gasteiger charge is 2.22. The Balaban J connectivity index is 1.88. The minimum Gasteiger partial charge on any atom is -0.339 e. The van der Waals surface area contributed by atoms with Crippen LogP contribution >= 0.6 is 24.0 Å². The number of thiol groups is 1. The average molecular weight is 256 g/mol. The number of nitrogens with one attached hydrogen (secondary N) is 1. The van der Waals surface area contributed by atoms with Gasteiger partial charge in [-0.1, -0.05) is 0 Å². The number of hydrogen-bond acceptors (Lipinski definition) is 4. The molecule has 1 atom stereocenters. The molecule has 0 saturated carbocycles. The van der Waals surface area contributed by atoms with E-state index >= 15 is 0 Å². The van der Waals surface area contributed by atoms with Crippen molar-refractivity contribution in [3.63, 3.8) is 0 Å². The number of carbonyl (C=O) groups is 1. The van der Waals surface area contributed by atoms with Crippen LogP contribution in [0, 0.1) is 0 Å². The van der Waals surface area contributed by atoms with Crippen LogP contribution in [0.25, 0.3) is 0 Å². The summed E-state index contributed by atoms with van der Waals surface area (Å²) in [5.74, 6) is 0.163. The number of piperazine rings is 1. The van der Waals surface area contributed by atoms with Crippen LogP contribution in [0.2, 0.25) is 0 Å². The van der Waals surface area contributed by atoms with Crippen molar-refractivity contribution in [1.82, 2.24) is 10.2 Å². The second kappa shape index (κ2) is 5.70. The molecule has 88 valence electrons. The molecule has 1 aromatic heterocycles. The summed E-state index contributed by atoms with van der Waals surface area (Å²) in [5.41, 5.74) is 1.20. The van der Waals surface area contributed by atoms with E-state index < -0.39 is 0 Å². The fourth-order valence-corrected chi connectivity index (χ4v) is 2.87. The van der Waals surface area contributed by atoms with E-state index in [0.717, 1.165) is 32.6 Å². The number of amides is 1. The lowest BCUT2D eigenvalue weighted by Gasteiger charge is -2.29. The maximum Gasteiger partial charge on any atom is 0.235 e. The van der Waals surface area contributed by atoms with E-state index in [9.17, 15) is 4.79 Å². The van der Waals surface area contributed by atoms with Crippen molar-refractivity contribution < 1.29 is 4.79 Å². The first kappa shape index (κ1) is 12.0. The summed E-state index contributed by atoms with van der Waals surface area (Å²) in [7, 11) is 0.